The number of thiophene rings is 1. The Kier molecular flexibility index (Phi) is 5.50. The molecule has 1 aromatic heterocycles. The second-order valence-corrected chi connectivity index (χ2v) is 6.57. The van der Waals surface area contributed by atoms with Crippen molar-refractivity contribution < 1.29 is 19.1 Å². The fraction of sp³-hybridized carbons (Fsp3) is 0.294. The van der Waals surface area contributed by atoms with Gasteiger partial charge in [0.2, 0.25) is 0 Å². The zero-order chi connectivity index (χ0) is 17.0. The van der Waals surface area contributed by atoms with E-state index in [0.29, 0.717) is 17.8 Å². The lowest BCUT2D eigenvalue weighted by Gasteiger charge is -2.15. The van der Waals surface area contributed by atoms with E-state index in [0.717, 1.165) is 16.0 Å². The molecule has 0 radical (unpaired) electrons. The molecule has 0 aliphatic rings. The molecule has 23 heavy (non-hydrogen) atoms. The Morgan fingerprint density at radius 2 is 1.91 bits per heavy atom. The van der Waals surface area contributed by atoms with E-state index in [9.17, 15) is 14.0 Å². The van der Waals surface area contributed by atoms with Gasteiger partial charge in [-0.05, 0) is 42.7 Å². The number of aliphatic carboxylic acids is 1. The fourth-order valence-corrected chi connectivity index (χ4v) is 3.30. The Hall–Kier alpha value is -2.21. The van der Waals surface area contributed by atoms with E-state index in [2.05, 4.69) is 0 Å². The number of aryl methyl sites for hydroxylation is 1. The lowest BCUT2D eigenvalue weighted by Crippen LogP contribution is -2.27. The van der Waals surface area contributed by atoms with E-state index in [4.69, 9.17) is 5.11 Å². The summed E-state index contributed by atoms with van der Waals surface area (Å²) in [6, 6.07) is 7.98. The van der Waals surface area contributed by atoms with Gasteiger partial charge in [-0.1, -0.05) is 12.1 Å². The highest BCUT2D eigenvalue weighted by Crippen LogP contribution is 2.31. The predicted molar refractivity (Wildman–Crippen MR) is 88.3 cm³/mol. The van der Waals surface area contributed by atoms with Crippen LogP contribution in [0.3, 0.4) is 0 Å². The molecule has 2 rings (SSSR count). The Morgan fingerprint density at radius 1 is 1.26 bits per heavy atom. The van der Waals surface area contributed by atoms with Gasteiger partial charge in [-0.3, -0.25) is 9.59 Å². The van der Waals surface area contributed by atoms with Gasteiger partial charge in [0.15, 0.2) is 0 Å². The summed E-state index contributed by atoms with van der Waals surface area (Å²) in [5, 5.41) is 8.64. The Morgan fingerprint density at radius 3 is 2.52 bits per heavy atom. The molecule has 0 bridgehead atoms. The number of hydrogen-bond donors (Lipinski definition) is 1. The molecule has 0 spiro atoms. The summed E-state index contributed by atoms with van der Waals surface area (Å²) >= 11 is 1.39. The molecule has 0 saturated heterocycles. The van der Waals surface area contributed by atoms with Crippen LogP contribution < -0.4 is 0 Å². The second-order valence-electron chi connectivity index (χ2n) is 5.31. The highest BCUT2D eigenvalue weighted by molar-refractivity contribution is 7.14. The minimum atomic E-state index is -0.864. The number of carboxylic acids is 1. The van der Waals surface area contributed by atoms with Crippen LogP contribution in [0, 0.1) is 12.7 Å². The third-order valence-electron chi connectivity index (χ3n) is 3.51. The van der Waals surface area contributed by atoms with E-state index in [-0.39, 0.29) is 18.1 Å². The summed E-state index contributed by atoms with van der Waals surface area (Å²) in [6.45, 7) is 2.32. The maximum atomic E-state index is 13.0. The fourth-order valence-electron chi connectivity index (χ4n) is 2.26. The Bertz CT molecular complexity index is 709. The number of rotatable bonds is 6. The van der Waals surface area contributed by atoms with E-state index in [1.807, 2.05) is 13.0 Å². The van der Waals surface area contributed by atoms with Crippen molar-refractivity contribution in [1.82, 2.24) is 4.90 Å². The van der Waals surface area contributed by atoms with Gasteiger partial charge < -0.3 is 10.0 Å². The third kappa shape index (κ3) is 4.39. The quantitative estimate of drug-likeness (QED) is 0.873. The predicted octanol–water partition coefficient (Wildman–Crippen LogP) is 3.80. The largest absolute Gasteiger partial charge is 0.481 e. The first kappa shape index (κ1) is 17.1. The molecule has 0 saturated carbocycles. The number of hydrogen-bond acceptors (Lipinski definition) is 3. The minimum absolute atomic E-state index is 0.0436. The maximum Gasteiger partial charge on any atom is 0.303 e. The van der Waals surface area contributed by atoms with Gasteiger partial charge in [-0.25, -0.2) is 4.39 Å². The molecule has 122 valence electrons. The molecule has 1 N–H and O–H groups in total. The summed E-state index contributed by atoms with van der Waals surface area (Å²) in [5.74, 6) is -1.29. The van der Waals surface area contributed by atoms with Gasteiger partial charge >= 0.3 is 5.97 Å². The number of benzene rings is 1. The van der Waals surface area contributed by atoms with Crippen LogP contribution in [0.5, 0.6) is 0 Å². The first-order valence-electron chi connectivity index (χ1n) is 7.22. The highest BCUT2D eigenvalue weighted by atomic mass is 32.1. The standard InChI is InChI=1S/C17H18FNO3S/c1-11-14(12-5-7-13(18)8-6-12)10-15(23-11)17(22)19(2)9-3-4-16(20)21/h5-8,10H,3-4,9H2,1-2H3,(H,20,21). The average Bonchev–Trinajstić information content (AvgIpc) is 2.88. The number of amides is 1. The van der Waals surface area contributed by atoms with Crippen LogP contribution >= 0.6 is 11.3 Å². The third-order valence-corrected chi connectivity index (χ3v) is 4.55. The van der Waals surface area contributed by atoms with Crippen molar-refractivity contribution >= 4 is 23.2 Å². The summed E-state index contributed by atoms with van der Waals surface area (Å²) in [4.78, 5) is 26.0. The highest BCUT2D eigenvalue weighted by Gasteiger charge is 2.17. The smallest absolute Gasteiger partial charge is 0.303 e. The first-order chi connectivity index (χ1) is 10.9. The van der Waals surface area contributed by atoms with Gasteiger partial charge in [0.05, 0.1) is 4.88 Å². The number of carbonyl (C=O) groups is 2. The van der Waals surface area contributed by atoms with E-state index in [1.54, 1.807) is 19.2 Å². The van der Waals surface area contributed by atoms with Crippen LogP contribution in [-0.2, 0) is 4.79 Å². The minimum Gasteiger partial charge on any atom is -0.481 e. The topological polar surface area (TPSA) is 57.6 Å². The number of carbonyl (C=O) groups excluding carboxylic acids is 1. The molecule has 1 aromatic carbocycles. The van der Waals surface area contributed by atoms with Crippen LogP contribution in [-0.4, -0.2) is 35.5 Å². The van der Waals surface area contributed by atoms with Crippen LogP contribution in [0.2, 0.25) is 0 Å². The molecule has 0 unspecified atom stereocenters. The van der Waals surface area contributed by atoms with Crippen molar-refractivity contribution in [3.63, 3.8) is 0 Å². The van der Waals surface area contributed by atoms with Crippen molar-refractivity contribution in [2.24, 2.45) is 0 Å². The molecule has 1 heterocycles. The van der Waals surface area contributed by atoms with E-state index >= 15 is 0 Å². The van der Waals surface area contributed by atoms with Crippen molar-refractivity contribution in [2.45, 2.75) is 19.8 Å². The zero-order valence-electron chi connectivity index (χ0n) is 13.0. The molecule has 1 amide bonds. The second kappa shape index (κ2) is 7.37. The number of nitrogens with zero attached hydrogens (tertiary/aromatic N) is 1. The van der Waals surface area contributed by atoms with Crippen molar-refractivity contribution in [3.8, 4) is 11.1 Å². The molecule has 0 atom stereocenters. The SMILES string of the molecule is Cc1sc(C(=O)N(C)CCCC(=O)O)cc1-c1ccc(F)cc1. The van der Waals surface area contributed by atoms with Crippen molar-refractivity contribution in [1.29, 1.82) is 0 Å². The lowest BCUT2D eigenvalue weighted by molar-refractivity contribution is -0.137. The number of halogens is 1. The summed E-state index contributed by atoms with van der Waals surface area (Å²) in [7, 11) is 1.66. The molecule has 4 nitrogen and oxygen atoms in total. The monoisotopic (exact) mass is 335 g/mol. The molecule has 0 fully saturated rings. The molecule has 6 heteroatoms. The van der Waals surface area contributed by atoms with Gasteiger partial charge in [0, 0.05) is 24.9 Å². The Labute approximate surface area is 138 Å². The summed E-state index contributed by atoms with van der Waals surface area (Å²) in [5.41, 5.74) is 1.78. The molecular weight excluding hydrogens is 317 g/mol. The average molecular weight is 335 g/mol. The Balaban J connectivity index is 2.11. The lowest BCUT2D eigenvalue weighted by atomic mass is 10.1. The maximum absolute atomic E-state index is 13.0. The molecule has 0 aliphatic heterocycles. The van der Waals surface area contributed by atoms with Crippen LogP contribution in [0.1, 0.15) is 27.4 Å². The van der Waals surface area contributed by atoms with E-state index in [1.165, 1.54) is 28.4 Å². The van der Waals surface area contributed by atoms with Crippen molar-refractivity contribution in [2.75, 3.05) is 13.6 Å². The van der Waals surface area contributed by atoms with Gasteiger partial charge in [0.25, 0.3) is 5.91 Å². The normalized spacial score (nSPS) is 10.6. The first-order valence-corrected chi connectivity index (χ1v) is 8.03. The van der Waals surface area contributed by atoms with Crippen LogP contribution in [0.15, 0.2) is 30.3 Å². The summed E-state index contributed by atoms with van der Waals surface area (Å²) < 4.78 is 13.0. The molecular formula is C17H18FNO3S. The van der Waals surface area contributed by atoms with Crippen LogP contribution in [0.4, 0.5) is 4.39 Å². The number of carboxylic acid groups (broad SMARTS) is 1. The van der Waals surface area contributed by atoms with Gasteiger partial charge in [0.1, 0.15) is 5.82 Å². The van der Waals surface area contributed by atoms with Gasteiger partial charge in [-0.15, -0.1) is 11.3 Å². The molecule has 0 aliphatic carbocycles. The van der Waals surface area contributed by atoms with Crippen LogP contribution in [0.25, 0.3) is 11.1 Å². The zero-order valence-corrected chi connectivity index (χ0v) is 13.8. The molecule has 2 aromatic rings. The van der Waals surface area contributed by atoms with Gasteiger partial charge in [-0.2, -0.15) is 0 Å². The van der Waals surface area contributed by atoms with Crippen molar-refractivity contribution in [3.05, 3.63) is 45.9 Å². The van der Waals surface area contributed by atoms with E-state index < -0.39 is 5.97 Å². The summed E-state index contributed by atoms with van der Waals surface area (Å²) in [6.07, 6.45) is 0.467.